The third-order valence-electron chi connectivity index (χ3n) is 8.89. The third-order valence-corrected chi connectivity index (χ3v) is 8.89. The van der Waals surface area contributed by atoms with Crippen LogP contribution in [-0.2, 0) is 0 Å². The molecule has 0 saturated heterocycles. The van der Waals surface area contributed by atoms with E-state index in [1.807, 2.05) is 24.3 Å². The van der Waals surface area contributed by atoms with Gasteiger partial charge in [-0.1, -0.05) is 133 Å². The van der Waals surface area contributed by atoms with Crippen molar-refractivity contribution in [2.75, 3.05) is 0 Å². The van der Waals surface area contributed by atoms with Gasteiger partial charge >= 0.3 is 0 Å². The molecule has 0 saturated carbocycles. The zero-order chi connectivity index (χ0) is 29.6. The van der Waals surface area contributed by atoms with E-state index in [2.05, 4.69) is 140 Å². The zero-order valence-electron chi connectivity index (χ0n) is 24.5. The van der Waals surface area contributed by atoms with Gasteiger partial charge in [0.2, 0.25) is 0 Å². The van der Waals surface area contributed by atoms with E-state index < -0.39 is 0 Å². The molecular weight excluding hydrogens is 532 g/mol. The van der Waals surface area contributed by atoms with Gasteiger partial charge in [0.1, 0.15) is 5.75 Å². The summed E-state index contributed by atoms with van der Waals surface area (Å²) in [4.78, 5) is 0. The highest BCUT2D eigenvalue weighted by atomic mass is 16.3. The molecule has 44 heavy (non-hydrogen) atoms. The van der Waals surface area contributed by atoms with Crippen LogP contribution in [0.5, 0.6) is 5.75 Å². The monoisotopic (exact) mass is 562 g/mol. The second-order valence-corrected chi connectivity index (χ2v) is 11.5. The fourth-order valence-corrected chi connectivity index (χ4v) is 6.76. The Labute approximate surface area is 257 Å². The van der Waals surface area contributed by atoms with Crippen LogP contribution in [-0.4, -0.2) is 5.11 Å². The van der Waals surface area contributed by atoms with Crippen LogP contribution in [0, 0.1) is 6.92 Å². The highest BCUT2D eigenvalue weighted by molar-refractivity contribution is 6.21. The van der Waals surface area contributed by atoms with E-state index >= 15 is 0 Å². The molecule has 0 atom stereocenters. The lowest BCUT2D eigenvalue weighted by atomic mass is 9.85. The van der Waals surface area contributed by atoms with Gasteiger partial charge in [0.05, 0.1) is 0 Å². The summed E-state index contributed by atoms with van der Waals surface area (Å²) < 4.78 is 0. The molecule has 1 heteroatoms. The van der Waals surface area contributed by atoms with Gasteiger partial charge in [0.15, 0.2) is 0 Å². The summed E-state index contributed by atoms with van der Waals surface area (Å²) in [6.07, 6.45) is 0. The average Bonchev–Trinajstić information content (AvgIpc) is 3.07. The summed E-state index contributed by atoms with van der Waals surface area (Å²) in [6.45, 7) is 2.08. The van der Waals surface area contributed by atoms with E-state index in [1.54, 1.807) is 0 Å². The lowest BCUT2D eigenvalue weighted by Gasteiger charge is -2.18. The molecule has 8 aromatic rings. The largest absolute Gasteiger partial charge is 0.507 e. The Kier molecular flexibility index (Phi) is 6.24. The molecule has 0 fully saturated rings. The number of hydrogen-bond donors (Lipinski definition) is 1. The van der Waals surface area contributed by atoms with Crippen molar-refractivity contribution in [3.8, 4) is 50.3 Å². The van der Waals surface area contributed by atoms with Crippen LogP contribution >= 0.6 is 0 Å². The van der Waals surface area contributed by atoms with E-state index in [4.69, 9.17) is 0 Å². The van der Waals surface area contributed by atoms with Gasteiger partial charge < -0.3 is 5.11 Å². The van der Waals surface area contributed by atoms with E-state index in [-0.39, 0.29) is 0 Å². The zero-order valence-corrected chi connectivity index (χ0v) is 24.5. The molecule has 0 unspecified atom stereocenters. The van der Waals surface area contributed by atoms with E-state index in [0.717, 1.165) is 27.8 Å². The van der Waals surface area contributed by atoms with Crippen LogP contribution in [0.2, 0.25) is 0 Å². The first-order chi connectivity index (χ1) is 21.7. The molecule has 1 nitrogen and oxygen atoms in total. The van der Waals surface area contributed by atoms with Crippen molar-refractivity contribution >= 4 is 32.3 Å². The second kappa shape index (κ2) is 10.6. The van der Waals surface area contributed by atoms with Crippen molar-refractivity contribution < 1.29 is 5.11 Å². The fourth-order valence-electron chi connectivity index (χ4n) is 6.76. The minimum absolute atomic E-state index is 0.292. The molecule has 8 rings (SSSR count). The molecule has 0 amide bonds. The first-order valence-corrected chi connectivity index (χ1v) is 15.1. The van der Waals surface area contributed by atoms with Crippen molar-refractivity contribution in [3.05, 3.63) is 163 Å². The molecule has 0 heterocycles. The number of phenolic OH excluding ortho intramolecular Hbond substituents is 1. The summed E-state index contributed by atoms with van der Waals surface area (Å²) in [5.41, 5.74) is 10.1. The molecule has 208 valence electrons. The van der Waals surface area contributed by atoms with Crippen molar-refractivity contribution in [1.82, 2.24) is 0 Å². The molecule has 0 aliphatic carbocycles. The van der Waals surface area contributed by atoms with Gasteiger partial charge in [-0.05, 0) is 108 Å². The van der Waals surface area contributed by atoms with Gasteiger partial charge in [-0.2, -0.15) is 0 Å². The molecule has 0 aliphatic heterocycles. The lowest BCUT2D eigenvalue weighted by molar-refractivity contribution is 0.477. The van der Waals surface area contributed by atoms with Gasteiger partial charge in [-0.15, -0.1) is 0 Å². The highest BCUT2D eigenvalue weighted by Gasteiger charge is 2.17. The van der Waals surface area contributed by atoms with Crippen LogP contribution < -0.4 is 0 Å². The van der Waals surface area contributed by atoms with E-state index in [1.165, 1.54) is 54.6 Å². The first kappa shape index (κ1) is 26.0. The van der Waals surface area contributed by atoms with Crippen LogP contribution in [0.3, 0.4) is 0 Å². The Morgan fingerprint density at radius 1 is 0.364 bits per heavy atom. The Hall–Kier alpha value is -5.66. The van der Waals surface area contributed by atoms with Gasteiger partial charge in [-0.25, -0.2) is 0 Å². The van der Waals surface area contributed by atoms with Crippen LogP contribution in [0.15, 0.2) is 158 Å². The van der Waals surface area contributed by atoms with Crippen LogP contribution in [0.25, 0.3) is 76.8 Å². The summed E-state index contributed by atoms with van der Waals surface area (Å²) >= 11 is 0. The normalized spacial score (nSPS) is 11.4. The molecule has 8 aromatic carbocycles. The average molecular weight is 563 g/mol. The van der Waals surface area contributed by atoms with Gasteiger partial charge in [0.25, 0.3) is 0 Å². The maximum Gasteiger partial charge on any atom is 0.123 e. The maximum absolute atomic E-state index is 10.8. The lowest BCUT2D eigenvalue weighted by Crippen LogP contribution is -1.91. The molecule has 0 aromatic heterocycles. The van der Waals surface area contributed by atoms with Crippen molar-refractivity contribution in [2.24, 2.45) is 0 Å². The van der Waals surface area contributed by atoms with Crippen molar-refractivity contribution in [2.45, 2.75) is 6.92 Å². The topological polar surface area (TPSA) is 20.2 Å². The summed E-state index contributed by atoms with van der Waals surface area (Å²) in [7, 11) is 0. The minimum atomic E-state index is 0.292. The Morgan fingerprint density at radius 2 is 0.886 bits per heavy atom. The molecule has 0 bridgehead atoms. The molecule has 1 N–H and O–H groups in total. The fraction of sp³-hybridized carbons (Fsp3) is 0.0233. The first-order valence-electron chi connectivity index (χ1n) is 15.1. The van der Waals surface area contributed by atoms with Crippen LogP contribution in [0.4, 0.5) is 0 Å². The molecule has 0 spiro atoms. The predicted molar refractivity (Wildman–Crippen MR) is 187 cm³/mol. The summed E-state index contributed by atoms with van der Waals surface area (Å²) in [6, 6.07) is 55.9. The van der Waals surface area contributed by atoms with Crippen molar-refractivity contribution in [3.63, 3.8) is 0 Å². The smallest absolute Gasteiger partial charge is 0.123 e. The number of aromatic hydroxyl groups is 1. The highest BCUT2D eigenvalue weighted by Crippen LogP contribution is 2.45. The number of phenols is 1. The Morgan fingerprint density at radius 3 is 1.57 bits per heavy atom. The maximum atomic E-state index is 10.8. The van der Waals surface area contributed by atoms with E-state index in [9.17, 15) is 5.11 Å². The quantitative estimate of drug-likeness (QED) is 0.212. The Bertz CT molecular complexity index is 2300. The van der Waals surface area contributed by atoms with Gasteiger partial charge in [0, 0.05) is 5.56 Å². The number of fused-ring (bicyclic) bond motifs is 3. The number of rotatable bonds is 4. The summed E-state index contributed by atoms with van der Waals surface area (Å²) in [5.74, 6) is 0.292. The van der Waals surface area contributed by atoms with Crippen LogP contribution in [0.1, 0.15) is 5.56 Å². The molecule has 0 aliphatic rings. The minimum Gasteiger partial charge on any atom is -0.507 e. The molecule has 0 radical (unpaired) electrons. The third kappa shape index (κ3) is 4.33. The van der Waals surface area contributed by atoms with E-state index in [0.29, 0.717) is 5.75 Å². The Balaban J connectivity index is 1.35. The number of hydrogen-bond acceptors (Lipinski definition) is 1. The SMILES string of the molecule is Cc1ccccc1-c1cc(-c2cccc(-c3c4ccccc4c(-c4ccc5ccccc5c4)c4ccccc34)c2)ccc1O. The predicted octanol–water partition coefficient (Wildman–Crippen LogP) is 11.8. The van der Waals surface area contributed by atoms with Gasteiger partial charge in [-0.3, -0.25) is 0 Å². The standard InChI is InChI=1S/C43H30O/c1-28-11-2-5-16-35(28)40-27-32(23-24-41(40)44)31-14-10-15-33(26-31)42-36-17-6-8-19-38(36)43(39-20-9-7-18-37(39)42)34-22-21-29-12-3-4-13-30(29)25-34/h2-27,44H,1H3. The second-order valence-electron chi connectivity index (χ2n) is 11.5. The van der Waals surface area contributed by atoms with Crippen molar-refractivity contribution in [1.29, 1.82) is 0 Å². The number of aryl methyl sites for hydroxylation is 1. The number of benzene rings is 8. The molecular formula is C43H30O. The summed E-state index contributed by atoms with van der Waals surface area (Å²) in [5, 5.41) is 18.3.